The quantitative estimate of drug-likeness (QED) is 0.287. The summed E-state index contributed by atoms with van der Waals surface area (Å²) in [6.07, 6.45) is 1.05. The van der Waals surface area contributed by atoms with Gasteiger partial charge in [0.15, 0.2) is 0 Å². The van der Waals surface area contributed by atoms with Crippen LogP contribution in [-0.2, 0) is 30.4 Å². The molecule has 1 aliphatic rings. The second-order valence-corrected chi connectivity index (χ2v) is 13.6. The molecule has 5 atom stereocenters. The Hall–Kier alpha value is -3.63. The van der Waals surface area contributed by atoms with Gasteiger partial charge in [-0.05, 0) is 60.6 Å². The van der Waals surface area contributed by atoms with E-state index in [0.717, 1.165) is 0 Å². The van der Waals surface area contributed by atoms with E-state index in [4.69, 9.17) is 0 Å². The lowest BCUT2D eigenvalue weighted by Gasteiger charge is -2.34. The van der Waals surface area contributed by atoms with Crippen LogP contribution in [0.3, 0.4) is 0 Å². The largest absolute Gasteiger partial charge is 0.508 e. The number of aromatic hydroxyl groups is 1. The highest BCUT2D eigenvalue weighted by atomic mass is 16.3. The zero-order valence-electron chi connectivity index (χ0n) is 27.8. The third-order valence-corrected chi connectivity index (χ3v) is 7.73. The van der Waals surface area contributed by atoms with Crippen molar-refractivity contribution >= 4 is 29.5 Å². The van der Waals surface area contributed by atoms with Crippen molar-refractivity contribution in [2.24, 2.45) is 23.7 Å². The zero-order valence-corrected chi connectivity index (χ0v) is 27.8. The van der Waals surface area contributed by atoms with Crippen LogP contribution in [0.1, 0.15) is 80.2 Å². The van der Waals surface area contributed by atoms with Gasteiger partial charge >= 0.3 is 0 Å². The summed E-state index contributed by atoms with van der Waals surface area (Å²) in [5.41, 5.74) is 0.683. The minimum atomic E-state index is -1.08. The maximum Gasteiger partial charge on any atom is 0.245 e. The first-order valence-electron chi connectivity index (χ1n) is 15.8. The molecular weight excluding hydrogens is 562 g/mol. The Labute approximate surface area is 262 Å². The molecule has 246 valence electrons. The molecule has 1 fully saturated rings. The molecule has 1 aromatic carbocycles. The highest BCUT2D eigenvalue weighted by Crippen LogP contribution is 2.18. The molecule has 1 aromatic rings. The second kappa shape index (κ2) is 16.4. The number of likely N-dealkylation sites (N-methyl/N-ethyl adjacent to an activating group) is 1. The molecule has 44 heavy (non-hydrogen) atoms. The number of carbonyl (C=O) groups excluding carboxylic acids is 5. The second-order valence-electron chi connectivity index (χ2n) is 13.6. The summed E-state index contributed by atoms with van der Waals surface area (Å²) in [7, 11) is 1.54. The number of nitrogens with zero attached hydrogens (tertiary/aromatic N) is 1. The summed E-state index contributed by atoms with van der Waals surface area (Å²) in [5.74, 6) is -2.65. The highest BCUT2D eigenvalue weighted by Gasteiger charge is 2.38. The molecule has 0 saturated carbocycles. The molecule has 1 saturated heterocycles. The van der Waals surface area contributed by atoms with Crippen molar-refractivity contribution in [1.82, 2.24) is 26.2 Å². The van der Waals surface area contributed by atoms with Crippen molar-refractivity contribution in [3.05, 3.63) is 29.8 Å². The molecule has 2 rings (SSSR count). The van der Waals surface area contributed by atoms with E-state index >= 15 is 0 Å². The number of amides is 5. The third-order valence-electron chi connectivity index (χ3n) is 7.73. The average Bonchev–Trinajstić information content (AvgIpc) is 2.92. The van der Waals surface area contributed by atoms with Crippen molar-refractivity contribution in [3.63, 3.8) is 0 Å². The third kappa shape index (κ3) is 10.8. The van der Waals surface area contributed by atoms with Crippen LogP contribution in [0.25, 0.3) is 0 Å². The van der Waals surface area contributed by atoms with E-state index in [0.29, 0.717) is 24.8 Å². The molecule has 0 radical (unpaired) electrons. The van der Waals surface area contributed by atoms with E-state index in [9.17, 15) is 29.1 Å². The van der Waals surface area contributed by atoms with Crippen molar-refractivity contribution in [2.75, 3.05) is 7.05 Å². The van der Waals surface area contributed by atoms with E-state index < -0.39 is 59.7 Å². The van der Waals surface area contributed by atoms with Gasteiger partial charge in [0.25, 0.3) is 0 Å². The molecule has 5 amide bonds. The minimum Gasteiger partial charge on any atom is -0.508 e. The van der Waals surface area contributed by atoms with E-state index in [1.807, 2.05) is 55.4 Å². The summed E-state index contributed by atoms with van der Waals surface area (Å²) in [6, 6.07) is 1.47. The lowest BCUT2D eigenvalue weighted by Crippen LogP contribution is -2.59. The molecule has 0 aliphatic carbocycles. The fraction of sp³-hybridized carbons (Fsp3) is 0.667. The van der Waals surface area contributed by atoms with Gasteiger partial charge in [-0.3, -0.25) is 24.0 Å². The Kier molecular flexibility index (Phi) is 13.7. The van der Waals surface area contributed by atoms with Gasteiger partial charge in [-0.25, -0.2) is 0 Å². The van der Waals surface area contributed by atoms with E-state index in [1.54, 1.807) is 12.1 Å². The summed E-state index contributed by atoms with van der Waals surface area (Å²) in [6.45, 7) is 15.2. The first kappa shape index (κ1) is 36.6. The fourth-order valence-corrected chi connectivity index (χ4v) is 5.32. The Bertz CT molecular complexity index is 1150. The molecule has 1 heterocycles. The first-order valence-corrected chi connectivity index (χ1v) is 15.8. The molecule has 1 aliphatic heterocycles. The van der Waals surface area contributed by atoms with Crippen LogP contribution in [0.15, 0.2) is 24.3 Å². The predicted molar refractivity (Wildman–Crippen MR) is 169 cm³/mol. The van der Waals surface area contributed by atoms with E-state index in [2.05, 4.69) is 21.3 Å². The molecular formula is C33H53N5O6. The molecule has 11 heteroatoms. The highest BCUT2D eigenvalue weighted by molar-refractivity contribution is 5.98. The summed E-state index contributed by atoms with van der Waals surface area (Å²) in [5, 5.41) is 21.1. The number of rotatable bonds is 9. The number of phenols is 1. The SMILES string of the molecule is CC(C)C[C@@H]1NC(=O)[C@H](Cc2ccc(O)cc2)NC(=O)[C@H](CC(C)C)N(C)C(=O)[C@H](C(C)C)NC(=O)[C@H](CC(C)C)NC1=O. The lowest BCUT2D eigenvalue weighted by atomic mass is 9.97. The van der Waals surface area contributed by atoms with Crippen LogP contribution in [0.5, 0.6) is 5.75 Å². The van der Waals surface area contributed by atoms with Crippen LogP contribution in [0, 0.1) is 23.7 Å². The van der Waals surface area contributed by atoms with Crippen molar-refractivity contribution < 1.29 is 29.1 Å². The van der Waals surface area contributed by atoms with Crippen LogP contribution in [-0.4, -0.2) is 76.8 Å². The monoisotopic (exact) mass is 615 g/mol. The summed E-state index contributed by atoms with van der Waals surface area (Å²) in [4.78, 5) is 70.2. The molecule has 0 unspecified atom stereocenters. The van der Waals surface area contributed by atoms with Crippen molar-refractivity contribution in [2.45, 2.75) is 111 Å². The van der Waals surface area contributed by atoms with Gasteiger partial charge in [-0.15, -0.1) is 0 Å². The normalized spacial score (nSPS) is 24.6. The smallest absolute Gasteiger partial charge is 0.245 e. The van der Waals surface area contributed by atoms with Crippen LogP contribution in [0.4, 0.5) is 0 Å². The predicted octanol–water partition coefficient (Wildman–Crippen LogP) is 2.51. The fourth-order valence-electron chi connectivity index (χ4n) is 5.32. The molecule has 11 nitrogen and oxygen atoms in total. The van der Waals surface area contributed by atoms with Gasteiger partial charge in [-0.1, -0.05) is 67.5 Å². The van der Waals surface area contributed by atoms with Crippen LogP contribution in [0.2, 0.25) is 0 Å². The van der Waals surface area contributed by atoms with Crippen LogP contribution >= 0.6 is 0 Å². The number of benzene rings is 1. The Morgan fingerprint density at radius 3 is 1.52 bits per heavy atom. The summed E-state index contributed by atoms with van der Waals surface area (Å²) < 4.78 is 0. The average molecular weight is 616 g/mol. The van der Waals surface area contributed by atoms with Crippen molar-refractivity contribution in [3.8, 4) is 5.75 Å². The van der Waals surface area contributed by atoms with Gasteiger partial charge in [0.2, 0.25) is 29.5 Å². The topological polar surface area (TPSA) is 157 Å². The lowest BCUT2D eigenvalue weighted by molar-refractivity contribution is -0.144. The van der Waals surface area contributed by atoms with Gasteiger partial charge in [0.05, 0.1) is 0 Å². The minimum absolute atomic E-state index is 0.0302. The Morgan fingerprint density at radius 1 is 0.636 bits per heavy atom. The Morgan fingerprint density at radius 2 is 1.07 bits per heavy atom. The van der Waals surface area contributed by atoms with Gasteiger partial charge in [0, 0.05) is 13.5 Å². The number of hydrogen-bond acceptors (Lipinski definition) is 6. The number of phenolic OH excluding ortho intramolecular Hbond substituents is 1. The Balaban J connectivity index is 2.66. The first-order chi connectivity index (χ1) is 20.5. The van der Waals surface area contributed by atoms with Gasteiger partial charge < -0.3 is 31.3 Å². The maximum atomic E-state index is 13.9. The standard InChI is InChI=1S/C33H53N5O6/c1-18(2)14-24-29(40)35-25(15-19(3)4)31(42)37-28(21(7)8)33(44)38(9)27(16-20(5)6)32(43)36-26(30(41)34-24)17-22-10-12-23(39)13-11-22/h10-13,18-21,24-28,39H,14-17H2,1-9H3,(H,34,41)(H,35,40)(H,36,43)(H,37,42)/t24-,25-,26-,27-,28-/m0/s1. The number of carbonyl (C=O) groups is 5. The van der Waals surface area contributed by atoms with Gasteiger partial charge in [0.1, 0.15) is 36.0 Å². The van der Waals surface area contributed by atoms with E-state index in [1.165, 1.54) is 24.1 Å². The van der Waals surface area contributed by atoms with Crippen molar-refractivity contribution in [1.29, 1.82) is 0 Å². The zero-order chi connectivity index (χ0) is 33.3. The molecule has 0 aromatic heterocycles. The van der Waals surface area contributed by atoms with Gasteiger partial charge in [-0.2, -0.15) is 0 Å². The van der Waals surface area contributed by atoms with E-state index in [-0.39, 0.29) is 35.8 Å². The molecule has 5 N–H and O–H groups in total. The number of hydrogen-bond donors (Lipinski definition) is 5. The number of nitrogens with one attached hydrogen (secondary N) is 4. The molecule has 0 spiro atoms. The summed E-state index contributed by atoms with van der Waals surface area (Å²) >= 11 is 0. The molecule has 0 bridgehead atoms. The van der Waals surface area contributed by atoms with Crippen LogP contribution < -0.4 is 21.3 Å². The maximum absolute atomic E-state index is 13.9.